The minimum atomic E-state index is -0.231. The van der Waals surface area contributed by atoms with E-state index < -0.39 is 0 Å². The molecular weight excluding hydrogens is 384 g/mol. The summed E-state index contributed by atoms with van der Waals surface area (Å²) >= 11 is 0. The molecular formula is C26H30N4O. The quantitative estimate of drug-likeness (QED) is 0.452. The van der Waals surface area contributed by atoms with E-state index in [1.54, 1.807) is 6.21 Å². The molecule has 0 unspecified atom stereocenters. The molecule has 0 saturated carbocycles. The number of rotatable bonds is 5. The highest BCUT2D eigenvalue weighted by Crippen LogP contribution is 2.43. The fraction of sp³-hybridized carbons (Fsp3) is 0.308. The summed E-state index contributed by atoms with van der Waals surface area (Å²) in [6, 6.07) is 17.8. The van der Waals surface area contributed by atoms with Gasteiger partial charge in [-0.25, -0.2) is 5.43 Å². The third-order valence-electron chi connectivity index (χ3n) is 6.14. The molecule has 2 heterocycles. The van der Waals surface area contributed by atoms with Gasteiger partial charge in [-0.15, -0.1) is 0 Å². The number of fused-ring (bicyclic) bond motifs is 1. The van der Waals surface area contributed by atoms with Gasteiger partial charge in [0, 0.05) is 30.2 Å². The van der Waals surface area contributed by atoms with E-state index in [0.29, 0.717) is 11.5 Å². The third-order valence-corrected chi connectivity index (χ3v) is 6.14. The molecule has 0 bridgehead atoms. The van der Waals surface area contributed by atoms with Crippen LogP contribution in [0.15, 0.2) is 72.1 Å². The van der Waals surface area contributed by atoms with Gasteiger partial charge in [-0.05, 0) is 80.6 Å². The number of hydrogen-bond donors (Lipinski definition) is 1. The summed E-state index contributed by atoms with van der Waals surface area (Å²) in [5, 5.41) is 4.23. The number of amides is 1. The highest BCUT2D eigenvalue weighted by atomic mass is 16.2. The van der Waals surface area contributed by atoms with Crippen molar-refractivity contribution in [1.29, 1.82) is 0 Å². The normalized spacial score (nSPS) is 17.5. The molecule has 0 fully saturated rings. The third kappa shape index (κ3) is 4.13. The van der Waals surface area contributed by atoms with E-state index in [2.05, 4.69) is 61.3 Å². The van der Waals surface area contributed by atoms with Crippen molar-refractivity contribution >= 4 is 17.8 Å². The molecule has 1 atom stereocenters. The topological polar surface area (TPSA) is 49.6 Å². The fourth-order valence-electron chi connectivity index (χ4n) is 4.80. The lowest BCUT2D eigenvalue weighted by atomic mass is 9.79. The SMILES string of the molecule is CCN1c2ccc(/C=N\NC(=O)c3ccccc3-n3cccc3)cc2[C@H](C)CC1(C)C. The Morgan fingerprint density at radius 3 is 2.61 bits per heavy atom. The van der Waals surface area contributed by atoms with Crippen LogP contribution in [0, 0.1) is 0 Å². The second-order valence-electron chi connectivity index (χ2n) is 8.79. The van der Waals surface area contributed by atoms with Gasteiger partial charge >= 0.3 is 0 Å². The standard InChI is InChI=1S/C26H30N4O/c1-5-30-24-13-12-20(16-22(24)19(2)17-26(30,3)4)18-27-28-25(31)21-10-6-7-11-23(21)29-14-8-9-15-29/h6-16,18-19H,5,17H2,1-4H3,(H,28,31)/b27-18-/t19-/m1/s1. The first-order valence-electron chi connectivity index (χ1n) is 10.9. The number of para-hydroxylation sites is 1. The zero-order valence-corrected chi connectivity index (χ0v) is 18.7. The van der Waals surface area contributed by atoms with Crippen molar-refractivity contribution in [2.45, 2.75) is 45.6 Å². The second-order valence-corrected chi connectivity index (χ2v) is 8.79. The molecule has 160 valence electrons. The summed E-state index contributed by atoms with van der Waals surface area (Å²) in [7, 11) is 0. The number of nitrogens with one attached hydrogen (secondary N) is 1. The van der Waals surface area contributed by atoms with Gasteiger partial charge in [0.25, 0.3) is 5.91 Å². The monoisotopic (exact) mass is 414 g/mol. The maximum absolute atomic E-state index is 12.7. The number of hydrazone groups is 1. The maximum Gasteiger partial charge on any atom is 0.273 e. The molecule has 4 rings (SSSR count). The molecule has 3 aromatic rings. The van der Waals surface area contributed by atoms with Crippen LogP contribution in [0.4, 0.5) is 5.69 Å². The van der Waals surface area contributed by atoms with E-state index in [-0.39, 0.29) is 11.4 Å². The van der Waals surface area contributed by atoms with Crippen molar-refractivity contribution in [2.75, 3.05) is 11.4 Å². The van der Waals surface area contributed by atoms with Gasteiger partial charge in [0.2, 0.25) is 0 Å². The Hall–Kier alpha value is -3.34. The summed E-state index contributed by atoms with van der Waals surface area (Å²) in [6.07, 6.45) is 6.68. The molecule has 1 aliphatic rings. The molecule has 2 aromatic carbocycles. The molecule has 1 aromatic heterocycles. The number of benzene rings is 2. The predicted molar refractivity (Wildman–Crippen MR) is 127 cm³/mol. The lowest BCUT2D eigenvalue weighted by Gasteiger charge is -2.47. The van der Waals surface area contributed by atoms with Crippen LogP contribution in [0.1, 0.15) is 61.5 Å². The van der Waals surface area contributed by atoms with Crippen LogP contribution in [0.5, 0.6) is 0 Å². The first-order chi connectivity index (χ1) is 14.9. The van der Waals surface area contributed by atoms with Gasteiger partial charge in [0.15, 0.2) is 0 Å². The first-order valence-corrected chi connectivity index (χ1v) is 10.9. The average molecular weight is 415 g/mol. The number of aromatic nitrogens is 1. The number of anilines is 1. The lowest BCUT2D eigenvalue weighted by molar-refractivity contribution is 0.0955. The highest BCUT2D eigenvalue weighted by Gasteiger charge is 2.35. The Labute approximate surface area is 184 Å². The number of carbonyl (C=O) groups is 1. The van der Waals surface area contributed by atoms with Crippen molar-refractivity contribution in [3.8, 4) is 5.69 Å². The van der Waals surface area contributed by atoms with E-state index in [1.165, 1.54) is 11.3 Å². The zero-order valence-electron chi connectivity index (χ0n) is 18.7. The smallest absolute Gasteiger partial charge is 0.273 e. The Bertz CT molecular complexity index is 1100. The molecule has 5 heteroatoms. The zero-order chi connectivity index (χ0) is 22.0. The molecule has 0 radical (unpaired) electrons. The summed E-state index contributed by atoms with van der Waals surface area (Å²) in [5.74, 6) is 0.245. The van der Waals surface area contributed by atoms with Crippen LogP contribution in [0.2, 0.25) is 0 Å². The van der Waals surface area contributed by atoms with Gasteiger partial charge in [-0.1, -0.05) is 25.1 Å². The van der Waals surface area contributed by atoms with Crippen LogP contribution in [-0.2, 0) is 0 Å². The van der Waals surface area contributed by atoms with Gasteiger partial charge in [0.05, 0.1) is 17.5 Å². The minimum Gasteiger partial charge on any atom is -0.366 e. The van der Waals surface area contributed by atoms with Crippen molar-refractivity contribution in [2.24, 2.45) is 5.10 Å². The van der Waals surface area contributed by atoms with E-state index in [0.717, 1.165) is 24.2 Å². The number of carbonyl (C=O) groups excluding carboxylic acids is 1. The number of nitrogens with zero attached hydrogens (tertiary/aromatic N) is 3. The van der Waals surface area contributed by atoms with Crippen LogP contribution in [0.3, 0.4) is 0 Å². The van der Waals surface area contributed by atoms with E-state index >= 15 is 0 Å². The first kappa shape index (κ1) is 20.9. The van der Waals surface area contributed by atoms with Crippen LogP contribution in [-0.4, -0.2) is 28.8 Å². The summed E-state index contributed by atoms with van der Waals surface area (Å²) in [4.78, 5) is 15.2. The Morgan fingerprint density at radius 1 is 1.13 bits per heavy atom. The van der Waals surface area contributed by atoms with E-state index in [4.69, 9.17) is 0 Å². The minimum absolute atomic E-state index is 0.151. The van der Waals surface area contributed by atoms with Crippen molar-refractivity contribution in [1.82, 2.24) is 9.99 Å². The molecule has 1 aliphatic heterocycles. The van der Waals surface area contributed by atoms with E-state index in [9.17, 15) is 4.79 Å². The van der Waals surface area contributed by atoms with E-state index in [1.807, 2.05) is 53.4 Å². The predicted octanol–water partition coefficient (Wildman–Crippen LogP) is 5.35. The molecule has 5 nitrogen and oxygen atoms in total. The van der Waals surface area contributed by atoms with Crippen molar-refractivity contribution < 1.29 is 4.79 Å². The molecule has 31 heavy (non-hydrogen) atoms. The average Bonchev–Trinajstić information content (AvgIpc) is 3.28. The molecule has 0 spiro atoms. The van der Waals surface area contributed by atoms with Gasteiger partial charge in [0.1, 0.15) is 0 Å². The molecule has 0 saturated heterocycles. The summed E-state index contributed by atoms with van der Waals surface area (Å²) in [6.45, 7) is 10.1. The van der Waals surface area contributed by atoms with Gasteiger partial charge in [-0.3, -0.25) is 4.79 Å². The van der Waals surface area contributed by atoms with Crippen LogP contribution < -0.4 is 10.3 Å². The lowest BCUT2D eigenvalue weighted by Crippen LogP contribution is -2.48. The maximum atomic E-state index is 12.7. The molecule has 0 aliphatic carbocycles. The molecule has 1 N–H and O–H groups in total. The summed E-state index contributed by atoms with van der Waals surface area (Å²) < 4.78 is 1.92. The molecule has 1 amide bonds. The van der Waals surface area contributed by atoms with Gasteiger partial charge < -0.3 is 9.47 Å². The van der Waals surface area contributed by atoms with Crippen LogP contribution in [0.25, 0.3) is 5.69 Å². The van der Waals surface area contributed by atoms with Crippen molar-refractivity contribution in [3.05, 3.63) is 83.7 Å². The number of hydrogen-bond acceptors (Lipinski definition) is 3. The Kier molecular flexibility index (Phi) is 5.68. The second kappa shape index (κ2) is 8.42. The Morgan fingerprint density at radius 2 is 1.87 bits per heavy atom. The largest absolute Gasteiger partial charge is 0.366 e. The van der Waals surface area contributed by atoms with Crippen LogP contribution >= 0.6 is 0 Å². The highest BCUT2D eigenvalue weighted by molar-refractivity contribution is 5.98. The van der Waals surface area contributed by atoms with Gasteiger partial charge in [-0.2, -0.15) is 5.10 Å². The summed E-state index contributed by atoms with van der Waals surface area (Å²) in [5.41, 5.74) is 7.86. The Balaban J connectivity index is 1.52. The van der Waals surface area contributed by atoms with Crippen molar-refractivity contribution in [3.63, 3.8) is 0 Å². The fourth-order valence-corrected chi connectivity index (χ4v) is 4.80.